The highest BCUT2D eigenvalue weighted by atomic mass is 32.1. The summed E-state index contributed by atoms with van der Waals surface area (Å²) in [6.45, 7) is 2.52. The van der Waals surface area contributed by atoms with Crippen molar-refractivity contribution in [2.45, 2.75) is 20.0 Å². The fraction of sp³-hybridized carbons (Fsp3) is 0.150. The highest BCUT2D eigenvalue weighted by Gasteiger charge is 2.41. The van der Waals surface area contributed by atoms with Gasteiger partial charge >= 0.3 is 6.18 Å². The van der Waals surface area contributed by atoms with Gasteiger partial charge in [-0.3, -0.25) is 9.59 Å². The van der Waals surface area contributed by atoms with Crippen molar-refractivity contribution in [2.24, 2.45) is 0 Å². The van der Waals surface area contributed by atoms with Crippen LogP contribution in [0.15, 0.2) is 54.6 Å². The lowest BCUT2D eigenvalue weighted by molar-refractivity contribution is -0.141. The Morgan fingerprint density at radius 1 is 1.00 bits per heavy atom. The average molecular weight is 404 g/mol. The third kappa shape index (κ3) is 3.82. The number of alkyl halides is 3. The van der Waals surface area contributed by atoms with Gasteiger partial charge < -0.3 is 0 Å². The first-order valence-electron chi connectivity index (χ1n) is 8.24. The molecule has 28 heavy (non-hydrogen) atoms. The van der Waals surface area contributed by atoms with E-state index in [0.717, 1.165) is 17.4 Å². The van der Waals surface area contributed by atoms with Gasteiger partial charge in [0.2, 0.25) is 5.91 Å². The molecule has 144 valence electrons. The largest absolute Gasteiger partial charge is 0.435 e. The number of halogens is 3. The quantitative estimate of drug-likeness (QED) is 0.593. The number of benzene rings is 2. The van der Waals surface area contributed by atoms with Crippen LogP contribution in [0.2, 0.25) is 0 Å². The molecule has 0 unspecified atom stereocenters. The van der Waals surface area contributed by atoms with Crippen molar-refractivity contribution in [3.63, 3.8) is 0 Å². The first-order chi connectivity index (χ1) is 13.2. The number of amides is 2. The van der Waals surface area contributed by atoms with Gasteiger partial charge in [-0.05, 0) is 18.6 Å². The zero-order valence-corrected chi connectivity index (χ0v) is 15.8. The third-order valence-electron chi connectivity index (χ3n) is 3.94. The van der Waals surface area contributed by atoms with Gasteiger partial charge in [-0.2, -0.15) is 13.2 Å². The molecule has 2 aromatic carbocycles. The predicted molar refractivity (Wildman–Crippen MR) is 101 cm³/mol. The summed E-state index contributed by atoms with van der Waals surface area (Å²) in [6.07, 6.45) is -4.79. The van der Waals surface area contributed by atoms with Crippen LogP contribution in [0.5, 0.6) is 0 Å². The Morgan fingerprint density at radius 3 is 2.21 bits per heavy atom. The molecule has 0 atom stereocenters. The molecule has 8 heteroatoms. The SMILES string of the molecule is CC(=O)N(C(=O)c1sc(C)nc1C(F)(F)F)c1ccccc1-c1ccccc1. The molecule has 0 N–H and O–H groups in total. The molecular weight excluding hydrogens is 389 g/mol. The van der Waals surface area contributed by atoms with E-state index >= 15 is 0 Å². The second-order valence-electron chi connectivity index (χ2n) is 5.95. The number of imide groups is 1. The van der Waals surface area contributed by atoms with Crippen molar-refractivity contribution < 1.29 is 22.8 Å². The molecule has 0 saturated carbocycles. The van der Waals surface area contributed by atoms with Crippen LogP contribution in [-0.2, 0) is 11.0 Å². The second-order valence-corrected chi connectivity index (χ2v) is 7.15. The standard InChI is InChI=1S/C20H15F3N2O2S/c1-12-24-18(20(21,22)23)17(28-12)19(27)25(13(2)26)16-11-7-6-10-15(16)14-8-4-3-5-9-14/h3-11H,1-2H3. The summed E-state index contributed by atoms with van der Waals surface area (Å²) < 4.78 is 40.0. The van der Waals surface area contributed by atoms with Crippen LogP contribution in [-0.4, -0.2) is 16.8 Å². The van der Waals surface area contributed by atoms with Crippen LogP contribution in [0.25, 0.3) is 11.1 Å². The van der Waals surface area contributed by atoms with Gasteiger partial charge in [-0.15, -0.1) is 11.3 Å². The molecule has 0 bridgehead atoms. The number of aromatic nitrogens is 1. The summed E-state index contributed by atoms with van der Waals surface area (Å²) in [5, 5.41) is 0.0931. The Balaban J connectivity index is 2.16. The molecule has 0 aliphatic heterocycles. The lowest BCUT2D eigenvalue weighted by Crippen LogP contribution is -2.36. The van der Waals surface area contributed by atoms with Crippen molar-refractivity contribution in [3.8, 4) is 11.1 Å². The number of hydrogen-bond acceptors (Lipinski definition) is 4. The van der Waals surface area contributed by atoms with Crippen molar-refractivity contribution in [2.75, 3.05) is 4.90 Å². The summed E-state index contributed by atoms with van der Waals surface area (Å²) in [5.74, 6) is -1.73. The minimum atomic E-state index is -4.79. The minimum Gasteiger partial charge on any atom is -0.274 e. The summed E-state index contributed by atoms with van der Waals surface area (Å²) in [6, 6.07) is 15.6. The van der Waals surface area contributed by atoms with Gasteiger partial charge in [0.25, 0.3) is 5.91 Å². The molecule has 0 fully saturated rings. The Hall–Kier alpha value is -3.00. The maximum absolute atomic E-state index is 13.3. The summed E-state index contributed by atoms with van der Waals surface area (Å²) in [7, 11) is 0. The number of hydrogen-bond donors (Lipinski definition) is 0. The molecule has 3 rings (SSSR count). The number of carbonyl (C=O) groups excluding carboxylic acids is 2. The van der Waals surface area contributed by atoms with Crippen LogP contribution >= 0.6 is 11.3 Å². The summed E-state index contributed by atoms with van der Waals surface area (Å²) >= 11 is 0.617. The Kier molecular flexibility index (Phi) is 5.33. The molecule has 0 spiro atoms. The minimum absolute atomic E-state index is 0.0931. The van der Waals surface area contributed by atoms with E-state index in [4.69, 9.17) is 0 Å². The smallest absolute Gasteiger partial charge is 0.274 e. The van der Waals surface area contributed by atoms with E-state index in [1.54, 1.807) is 42.5 Å². The highest BCUT2D eigenvalue weighted by Crippen LogP contribution is 2.37. The molecular formula is C20H15F3N2O2S. The van der Waals surface area contributed by atoms with Crippen molar-refractivity contribution >= 4 is 28.8 Å². The molecule has 0 aliphatic rings. The monoisotopic (exact) mass is 404 g/mol. The van der Waals surface area contributed by atoms with E-state index < -0.39 is 28.6 Å². The van der Waals surface area contributed by atoms with Gasteiger partial charge in [0.1, 0.15) is 4.88 Å². The third-order valence-corrected chi connectivity index (χ3v) is 4.90. The fourth-order valence-electron chi connectivity index (χ4n) is 2.82. The normalized spacial score (nSPS) is 11.3. The van der Waals surface area contributed by atoms with Gasteiger partial charge in [-0.1, -0.05) is 48.5 Å². The van der Waals surface area contributed by atoms with Gasteiger partial charge in [0, 0.05) is 12.5 Å². The van der Waals surface area contributed by atoms with E-state index in [1.807, 2.05) is 6.07 Å². The molecule has 4 nitrogen and oxygen atoms in total. The average Bonchev–Trinajstić information content (AvgIpc) is 3.05. The Bertz CT molecular complexity index is 1030. The van der Waals surface area contributed by atoms with Crippen LogP contribution in [0, 0.1) is 6.92 Å². The van der Waals surface area contributed by atoms with Gasteiger partial charge in [-0.25, -0.2) is 9.88 Å². The molecule has 3 aromatic rings. The predicted octanol–water partition coefficient (Wildman–Crippen LogP) is 5.33. The number of aryl methyl sites for hydroxylation is 1. The Morgan fingerprint density at radius 2 is 1.61 bits per heavy atom. The van der Waals surface area contributed by atoms with E-state index in [2.05, 4.69) is 4.98 Å². The highest BCUT2D eigenvalue weighted by molar-refractivity contribution is 7.14. The van der Waals surface area contributed by atoms with Gasteiger partial charge in [0.05, 0.1) is 10.7 Å². The van der Waals surface area contributed by atoms with E-state index in [9.17, 15) is 22.8 Å². The molecule has 1 heterocycles. The fourth-order valence-corrected chi connectivity index (χ4v) is 3.69. The molecule has 0 saturated heterocycles. The van der Waals surface area contributed by atoms with E-state index in [-0.39, 0.29) is 10.7 Å². The van der Waals surface area contributed by atoms with E-state index in [0.29, 0.717) is 16.9 Å². The zero-order chi connectivity index (χ0) is 20.5. The van der Waals surface area contributed by atoms with Crippen LogP contribution in [0.4, 0.5) is 18.9 Å². The maximum Gasteiger partial charge on any atom is 0.435 e. The van der Waals surface area contributed by atoms with Crippen LogP contribution in [0.1, 0.15) is 27.3 Å². The first-order valence-corrected chi connectivity index (χ1v) is 9.06. The van der Waals surface area contributed by atoms with Crippen LogP contribution < -0.4 is 4.90 Å². The number of anilines is 1. The van der Waals surface area contributed by atoms with Crippen molar-refractivity contribution in [3.05, 3.63) is 70.2 Å². The zero-order valence-electron chi connectivity index (χ0n) is 14.9. The molecule has 2 amide bonds. The molecule has 1 aromatic heterocycles. The molecule has 0 radical (unpaired) electrons. The lowest BCUT2D eigenvalue weighted by atomic mass is 10.0. The van der Waals surface area contributed by atoms with E-state index in [1.165, 1.54) is 13.0 Å². The summed E-state index contributed by atoms with van der Waals surface area (Å²) in [4.78, 5) is 29.0. The molecule has 0 aliphatic carbocycles. The van der Waals surface area contributed by atoms with Crippen molar-refractivity contribution in [1.82, 2.24) is 4.98 Å². The Labute approximate surface area is 163 Å². The van der Waals surface area contributed by atoms with Crippen LogP contribution in [0.3, 0.4) is 0 Å². The number of para-hydroxylation sites is 1. The topological polar surface area (TPSA) is 50.3 Å². The maximum atomic E-state index is 13.3. The van der Waals surface area contributed by atoms with Gasteiger partial charge in [0.15, 0.2) is 5.69 Å². The number of nitrogens with zero attached hydrogens (tertiary/aromatic N) is 2. The second kappa shape index (κ2) is 7.55. The number of rotatable bonds is 3. The van der Waals surface area contributed by atoms with Crippen molar-refractivity contribution in [1.29, 1.82) is 0 Å². The number of carbonyl (C=O) groups is 2. The lowest BCUT2D eigenvalue weighted by Gasteiger charge is -2.22. The summed E-state index contributed by atoms with van der Waals surface area (Å²) in [5.41, 5.74) is 0.226. The first kappa shape index (κ1) is 19.8. The number of thiazole rings is 1.